The van der Waals surface area contributed by atoms with Crippen molar-refractivity contribution in [3.8, 4) is 0 Å². The first-order chi connectivity index (χ1) is 9.79. The number of hydrogen-bond acceptors (Lipinski definition) is 3. The lowest BCUT2D eigenvalue weighted by atomic mass is 9.97. The summed E-state index contributed by atoms with van der Waals surface area (Å²) in [6.07, 6.45) is 2.92. The molecule has 3 nitrogen and oxygen atoms in total. The Morgan fingerprint density at radius 1 is 1.35 bits per heavy atom. The number of hydrogen-bond donors (Lipinski definition) is 2. The number of rotatable bonds is 6. The van der Waals surface area contributed by atoms with Crippen molar-refractivity contribution in [3.05, 3.63) is 30.3 Å². The highest BCUT2D eigenvalue weighted by molar-refractivity contribution is 7.99. The van der Waals surface area contributed by atoms with Gasteiger partial charge in [-0.05, 0) is 44.5 Å². The van der Waals surface area contributed by atoms with Crippen LogP contribution in [0.5, 0.6) is 0 Å². The quantitative estimate of drug-likeness (QED) is 0.792. The number of thioether (sulfide) groups is 1. The van der Waals surface area contributed by atoms with Crippen molar-refractivity contribution in [2.24, 2.45) is 5.92 Å². The van der Waals surface area contributed by atoms with Gasteiger partial charge in [-0.15, -0.1) is 11.8 Å². The summed E-state index contributed by atoms with van der Waals surface area (Å²) in [6, 6.07) is 10.6. The summed E-state index contributed by atoms with van der Waals surface area (Å²) in [6.45, 7) is 4.07. The molecule has 20 heavy (non-hydrogen) atoms. The van der Waals surface area contributed by atoms with Gasteiger partial charge in [-0.25, -0.2) is 0 Å². The monoisotopic (exact) mass is 292 g/mol. The fraction of sp³-hybridized carbons (Fsp3) is 0.562. The first-order valence-electron chi connectivity index (χ1n) is 7.48. The molecule has 0 radical (unpaired) electrons. The van der Waals surface area contributed by atoms with Crippen LogP contribution in [0.3, 0.4) is 0 Å². The van der Waals surface area contributed by atoms with Gasteiger partial charge in [0.25, 0.3) is 0 Å². The van der Waals surface area contributed by atoms with E-state index in [1.165, 1.54) is 4.90 Å². The van der Waals surface area contributed by atoms with E-state index in [0.717, 1.165) is 38.1 Å². The average Bonchev–Trinajstić information content (AvgIpc) is 2.53. The van der Waals surface area contributed by atoms with E-state index < -0.39 is 0 Å². The number of carbonyl (C=O) groups excluding carboxylic acids is 1. The molecule has 4 heteroatoms. The molecule has 1 aliphatic rings. The lowest BCUT2D eigenvalue weighted by Gasteiger charge is -2.25. The molecule has 1 aromatic carbocycles. The molecule has 0 aromatic heterocycles. The maximum atomic E-state index is 12.2. The number of benzene rings is 1. The van der Waals surface area contributed by atoms with Crippen LogP contribution in [0.2, 0.25) is 0 Å². The van der Waals surface area contributed by atoms with Crippen molar-refractivity contribution in [1.29, 1.82) is 0 Å². The lowest BCUT2D eigenvalue weighted by Crippen LogP contribution is -2.43. The predicted octanol–water partition coefficient (Wildman–Crippen LogP) is 2.67. The minimum absolute atomic E-state index is 0.201. The summed E-state index contributed by atoms with van der Waals surface area (Å²) >= 11 is 1.81. The minimum atomic E-state index is 0.201. The Kier molecular flexibility index (Phi) is 6.40. The van der Waals surface area contributed by atoms with Gasteiger partial charge in [0.15, 0.2) is 0 Å². The van der Waals surface area contributed by atoms with E-state index in [1.54, 1.807) is 0 Å². The van der Waals surface area contributed by atoms with Crippen LogP contribution in [0.25, 0.3) is 0 Å². The van der Waals surface area contributed by atoms with Gasteiger partial charge < -0.3 is 10.6 Å². The maximum Gasteiger partial charge on any atom is 0.223 e. The Balaban J connectivity index is 1.78. The molecule has 1 saturated heterocycles. The van der Waals surface area contributed by atoms with Gasteiger partial charge in [0.1, 0.15) is 0 Å². The van der Waals surface area contributed by atoms with Gasteiger partial charge in [0.2, 0.25) is 5.91 Å². The molecule has 2 rings (SSSR count). The Morgan fingerprint density at radius 2 is 2.05 bits per heavy atom. The fourth-order valence-corrected chi connectivity index (χ4v) is 3.44. The summed E-state index contributed by atoms with van der Waals surface area (Å²) in [4.78, 5) is 13.5. The highest BCUT2D eigenvalue weighted by Crippen LogP contribution is 2.19. The SMILES string of the molecule is CCC(CSc1ccccc1)NC(=O)C1CCNCC1. The summed E-state index contributed by atoms with van der Waals surface area (Å²) in [5, 5.41) is 6.52. The normalized spacial score (nSPS) is 17.6. The zero-order valence-corrected chi connectivity index (χ0v) is 12.9. The van der Waals surface area contributed by atoms with Crippen LogP contribution in [0, 0.1) is 5.92 Å². The summed E-state index contributed by atoms with van der Waals surface area (Å²) in [5.41, 5.74) is 0. The maximum absolute atomic E-state index is 12.2. The molecular formula is C16H24N2OS. The van der Waals surface area contributed by atoms with E-state index in [2.05, 4.69) is 41.8 Å². The molecule has 110 valence electrons. The van der Waals surface area contributed by atoms with E-state index in [1.807, 2.05) is 17.8 Å². The van der Waals surface area contributed by atoms with Gasteiger partial charge >= 0.3 is 0 Å². The number of piperidine rings is 1. The molecule has 1 fully saturated rings. The van der Waals surface area contributed by atoms with Crippen molar-refractivity contribution in [3.63, 3.8) is 0 Å². The standard InChI is InChI=1S/C16H24N2OS/c1-2-14(12-20-15-6-4-3-5-7-15)18-16(19)13-8-10-17-11-9-13/h3-7,13-14,17H,2,8-12H2,1H3,(H,18,19). The molecule has 1 amide bonds. The minimum Gasteiger partial charge on any atom is -0.352 e. The summed E-state index contributed by atoms with van der Waals surface area (Å²) in [5.74, 6) is 1.39. The molecule has 1 heterocycles. The van der Waals surface area contributed by atoms with Crippen LogP contribution >= 0.6 is 11.8 Å². The second kappa shape index (κ2) is 8.32. The molecule has 1 atom stereocenters. The molecule has 2 N–H and O–H groups in total. The smallest absolute Gasteiger partial charge is 0.223 e. The van der Waals surface area contributed by atoms with Gasteiger partial charge in [-0.2, -0.15) is 0 Å². The molecular weight excluding hydrogens is 268 g/mol. The topological polar surface area (TPSA) is 41.1 Å². The molecule has 1 aliphatic heterocycles. The van der Waals surface area contributed by atoms with E-state index in [0.29, 0.717) is 0 Å². The van der Waals surface area contributed by atoms with Crippen LogP contribution in [0.1, 0.15) is 26.2 Å². The van der Waals surface area contributed by atoms with Gasteiger partial charge in [-0.1, -0.05) is 25.1 Å². The molecule has 1 aromatic rings. The van der Waals surface area contributed by atoms with Crippen LogP contribution in [0.15, 0.2) is 35.2 Å². The van der Waals surface area contributed by atoms with Gasteiger partial charge in [0, 0.05) is 22.6 Å². The van der Waals surface area contributed by atoms with Crippen molar-refractivity contribution >= 4 is 17.7 Å². The second-order valence-corrected chi connectivity index (χ2v) is 6.36. The summed E-state index contributed by atoms with van der Waals surface area (Å²) < 4.78 is 0. The Hall–Kier alpha value is -1.00. The van der Waals surface area contributed by atoms with Crippen LogP contribution in [-0.2, 0) is 4.79 Å². The molecule has 1 unspecified atom stereocenters. The number of amides is 1. The van der Waals surface area contributed by atoms with Gasteiger partial charge in [-0.3, -0.25) is 4.79 Å². The highest BCUT2D eigenvalue weighted by Gasteiger charge is 2.22. The Labute approximate surface area is 125 Å². The number of carbonyl (C=O) groups is 1. The fourth-order valence-electron chi connectivity index (χ4n) is 2.38. The number of nitrogens with one attached hydrogen (secondary N) is 2. The molecule has 0 aliphatic carbocycles. The zero-order valence-electron chi connectivity index (χ0n) is 12.1. The van der Waals surface area contributed by atoms with Crippen molar-refractivity contribution in [2.45, 2.75) is 37.1 Å². The third kappa shape index (κ3) is 4.84. The third-order valence-electron chi connectivity index (χ3n) is 3.74. The lowest BCUT2D eigenvalue weighted by molar-refractivity contribution is -0.126. The van der Waals surface area contributed by atoms with Crippen LogP contribution in [0.4, 0.5) is 0 Å². The zero-order chi connectivity index (χ0) is 14.2. The summed E-state index contributed by atoms with van der Waals surface area (Å²) in [7, 11) is 0. The highest BCUT2D eigenvalue weighted by atomic mass is 32.2. The molecule has 0 spiro atoms. The second-order valence-electron chi connectivity index (χ2n) is 5.26. The van der Waals surface area contributed by atoms with E-state index in [9.17, 15) is 4.79 Å². The van der Waals surface area contributed by atoms with Crippen LogP contribution < -0.4 is 10.6 Å². The first-order valence-corrected chi connectivity index (χ1v) is 8.47. The Morgan fingerprint density at radius 3 is 2.70 bits per heavy atom. The molecule has 0 saturated carbocycles. The van der Waals surface area contributed by atoms with Crippen molar-refractivity contribution in [1.82, 2.24) is 10.6 Å². The largest absolute Gasteiger partial charge is 0.352 e. The average molecular weight is 292 g/mol. The molecule has 0 bridgehead atoms. The van der Waals surface area contributed by atoms with Crippen molar-refractivity contribution in [2.75, 3.05) is 18.8 Å². The van der Waals surface area contributed by atoms with Crippen molar-refractivity contribution < 1.29 is 4.79 Å². The van der Waals surface area contributed by atoms with E-state index in [-0.39, 0.29) is 17.9 Å². The first kappa shape index (κ1) is 15.4. The van der Waals surface area contributed by atoms with Gasteiger partial charge in [0.05, 0.1) is 0 Å². The Bertz CT molecular complexity index is 404. The van der Waals surface area contributed by atoms with E-state index >= 15 is 0 Å². The van der Waals surface area contributed by atoms with Crippen LogP contribution in [-0.4, -0.2) is 30.8 Å². The predicted molar refractivity (Wildman–Crippen MR) is 85.0 cm³/mol. The van der Waals surface area contributed by atoms with E-state index in [4.69, 9.17) is 0 Å². The third-order valence-corrected chi connectivity index (χ3v) is 4.92.